The molecule has 1 heterocycles. The first-order chi connectivity index (χ1) is 10.2. The van der Waals surface area contributed by atoms with Gasteiger partial charge in [0.15, 0.2) is 0 Å². The van der Waals surface area contributed by atoms with Crippen LogP contribution in [0.15, 0.2) is 0 Å². The molecule has 1 saturated heterocycles. The van der Waals surface area contributed by atoms with Crippen molar-refractivity contribution < 1.29 is 14.3 Å². The van der Waals surface area contributed by atoms with Crippen molar-refractivity contribution in [2.75, 3.05) is 31.3 Å². The quantitative estimate of drug-likeness (QED) is 0.628. The van der Waals surface area contributed by atoms with E-state index in [-0.39, 0.29) is 5.97 Å². The van der Waals surface area contributed by atoms with Crippen LogP contribution in [-0.4, -0.2) is 48.9 Å². The summed E-state index contributed by atoms with van der Waals surface area (Å²) in [4.78, 5) is 12.6. The second kappa shape index (κ2) is 8.39. The Bertz CT molecular complexity index is 329. The summed E-state index contributed by atoms with van der Waals surface area (Å²) in [7, 11) is 0. The molecule has 122 valence electrons. The molecule has 1 saturated carbocycles. The van der Waals surface area contributed by atoms with E-state index in [0.717, 1.165) is 50.3 Å². The number of hydrogen-bond donors (Lipinski definition) is 1. The van der Waals surface area contributed by atoms with Gasteiger partial charge in [0.1, 0.15) is 5.54 Å². The van der Waals surface area contributed by atoms with E-state index in [9.17, 15) is 4.79 Å². The molecular weight excluding hydrogens is 286 g/mol. The Hall–Kier alpha value is -0.260. The van der Waals surface area contributed by atoms with Crippen LogP contribution in [-0.2, 0) is 14.3 Å². The average molecular weight is 315 g/mol. The maximum atomic E-state index is 12.6. The van der Waals surface area contributed by atoms with Gasteiger partial charge in [0.2, 0.25) is 0 Å². The number of ether oxygens (including phenoxy) is 2. The van der Waals surface area contributed by atoms with Crippen LogP contribution in [0.25, 0.3) is 0 Å². The van der Waals surface area contributed by atoms with Gasteiger partial charge in [-0.2, -0.15) is 11.8 Å². The fourth-order valence-electron chi connectivity index (χ4n) is 2.92. The van der Waals surface area contributed by atoms with Gasteiger partial charge in [-0.3, -0.25) is 4.79 Å². The summed E-state index contributed by atoms with van der Waals surface area (Å²) in [5, 5.41) is 3.52. The summed E-state index contributed by atoms with van der Waals surface area (Å²) in [6.07, 6.45) is 6.01. The van der Waals surface area contributed by atoms with Crippen LogP contribution < -0.4 is 5.32 Å². The Labute approximate surface area is 132 Å². The van der Waals surface area contributed by atoms with E-state index in [2.05, 4.69) is 12.2 Å². The van der Waals surface area contributed by atoms with Crippen LogP contribution in [0.2, 0.25) is 0 Å². The van der Waals surface area contributed by atoms with Gasteiger partial charge in [-0.1, -0.05) is 6.92 Å². The summed E-state index contributed by atoms with van der Waals surface area (Å²) in [5.74, 6) is 2.18. The lowest BCUT2D eigenvalue weighted by Gasteiger charge is -2.33. The smallest absolute Gasteiger partial charge is 0.327 e. The monoisotopic (exact) mass is 315 g/mol. The maximum Gasteiger partial charge on any atom is 0.327 e. The van der Waals surface area contributed by atoms with Gasteiger partial charge >= 0.3 is 5.97 Å². The van der Waals surface area contributed by atoms with Gasteiger partial charge in [-0.15, -0.1) is 0 Å². The Morgan fingerprint density at radius 2 is 2.19 bits per heavy atom. The van der Waals surface area contributed by atoms with Crippen LogP contribution in [0.1, 0.15) is 46.0 Å². The summed E-state index contributed by atoms with van der Waals surface area (Å²) >= 11 is 1.84. The molecule has 1 aliphatic carbocycles. The van der Waals surface area contributed by atoms with Gasteiger partial charge < -0.3 is 14.8 Å². The zero-order valence-corrected chi connectivity index (χ0v) is 14.2. The van der Waals surface area contributed by atoms with Crippen LogP contribution in [0.5, 0.6) is 0 Å². The van der Waals surface area contributed by atoms with Crippen LogP contribution >= 0.6 is 11.8 Å². The van der Waals surface area contributed by atoms with Crippen LogP contribution in [0.4, 0.5) is 0 Å². The second-order valence-corrected chi connectivity index (χ2v) is 7.07. The molecule has 0 aromatic rings. The molecule has 0 aromatic carbocycles. The third kappa shape index (κ3) is 4.60. The first kappa shape index (κ1) is 17.1. The summed E-state index contributed by atoms with van der Waals surface area (Å²) in [6, 6.07) is 0. The molecule has 5 heteroatoms. The van der Waals surface area contributed by atoms with Gasteiger partial charge in [-0.25, -0.2) is 0 Å². The van der Waals surface area contributed by atoms with E-state index in [1.54, 1.807) is 0 Å². The van der Waals surface area contributed by atoms with Crippen LogP contribution in [0.3, 0.4) is 0 Å². The standard InChI is InChI=1S/C16H29NO3S/c1-3-9-17-16(13-7-8-13,15(18)19-4-2)12-21-11-14-6-5-10-20-14/h13-14,17H,3-12H2,1-2H3. The van der Waals surface area contributed by atoms with Gasteiger partial charge in [0.25, 0.3) is 0 Å². The molecular formula is C16H29NO3S. The number of nitrogens with one attached hydrogen (secondary N) is 1. The van der Waals surface area contributed by atoms with Crippen molar-refractivity contribution in [3.05, 3.63) is 0 Å². The Morgan fingerprint density at radius 3 is 2.76 bits per heavy atom. The summed E-state index contributed by atoms with van der Waals surface area (Å²) in [6.45, 7) is 6.24. The second-order valence-electron chi connectivity index (χ2n) is 6.04. The zero-order chi connectivity index (χ0) is 15.1. The first-order valence-corrected chi connectivity index (χ1v) is 9.50. The highest BCUT2D eigenvalue weighted by Crippen LogP contribution is 2.42. The predicted molar refractivity (Wildman–Crippen MR) is 86.7 cm³/mol. The SMILES string of the molecule is CCCNC(CSCC1CCCO1)(C(=O)OCC)C1CC1. The summed E-state index contributed by atoms with van der Waals surface area (Å²) < 4.78 is 11.1. The molecule has 0 bridgehead atoms. The molecule has 1 aliphatic heterocycles. The molecule has 2 aliphatic rings. The van der Waals surface area contributed by atoms with E-state index in [1.165, 1.54) is 6.42 Å². The van der Waals surface area contributed by atoms with E-state index in [1.807, 2.05) is 18.7 Å². The number of hydrogen-bond acceptors (Lipinski definition) is 5. The molecule has 1 N–H and O–H groups in total. The van der Waals surface area contributed by atoms with Gasteiger partial charge in [-0.05, 0) is 51.5 Å². The normalized spacial score (nSPS) is 24.8. The zero-order valence-electron chi connectivity index (χ0n) is 13.4. The highest BCUT2D eigenvalue weighted by atomic mass is 32.2. The predicted octanol–water partition coefficient (Wildman–Crippen LogP) is 2.61. The number of thioether (sulfide) groups is 1. The molecule has 0 aromatic heterocycles. The number of carbonyl (C=O) groups excluding carboxylic acids is 1. The van der Waals surface area contributed by atoms with E-state index in [4.69, 9.17) is 9.47 Å². The van der Waals surface area contributed by atoms with Gasteiger partial charge in [0, 0.05) is 18.1 Å². The molecule has 0 radical (unpaired) electrons. The van der Waals surface area contributed by atoms with Gasteiger partial charge in [0.05, 0.1) is 12.7 Å². The topological polar surface area (TPSA) is 47.6 Å². The van der Waals surface area contributed by atoms with Crippen molar-refractivity contribution in [3.8, 4) is 0 Å². The first-order valence-electron chi connectivity index (χ1n) is 8.34. The third-order valence-corrected chi connectivity index (χ3v) is 5.53. The molecule has 0 spiro atoms. The summed E-state index contributed by atoms with van der Waals surface area (Å²) in [5.41, 5.74) is -0.477. The largest absolute Gasteiger partial charge is 0.465 e. The highest BCUT2D eigenvalue weighted by Gasteiger charge is 2.51. The fraction of sp³-hybridized carbons (Fsp3) is 0.938. The van der Waals surface area contributed by atoms with Crippen molar-refractivity contribution in [2.24, 2.45) is 5.92 Å². The highest BCUT2D eigenvalue weighted by molar-refractivity contribution is 7.99. The minimum Gasteiger partial charge on any atom is -0.465 e. The lowest BCUT2D eigenvalue weighted by molar-refractivity contribution is -0.151. The third-order valence-electron chi connectivity index (χ3n) is 4.26. The fourth-order valence-corrected chi connectivity index (χ4v) is 4.34. The minimum atomic E-state index is -0.477. The van der Waals surface area contributed by atoms with Crippen LogP contribution in [0, 0.1) is 5.92 Å². The van der Waals surface area contributed by atoms with E-state index in [0.29, 0.717) is 18.6 Å². The number of carbonyl (C=O) groups is 1. The van der Waals surface area contributed by atoms with Crippen molar-refractivity contribution in [1.29, 1.82) is 0 Å². The Morgan fingerprint density at radius 1 is 1.38 bits per heavy atom. The van der Waals surface area contributed by atoms with E-state index >= 15 is 0 Å². The Balaban J connectivity index is 1.93. The molecule has 21 heavy (non-hydrogen) atoms. The molecule has 2 rings (SSSR count). The molecule has 0 amide bonds. The van der Waals surface area contributed by atoms with Crippen molar-refractivity contribution in [1.82, 2.24) is 5.32 Å². The van der Waals surface area contributed by atoms with Crippen molar-refractivity contribution in [3.63, 3.8) is 0 Å². The van der Waals surface area contributed by atoms with Crippen molar-refractivity contribution in [2.45, 2.75) is 57.6 Å². The molecule has 2 unspecified atom stereocenters. The molecule has 4 nitrogen and oxygen atoms in total. The number of rotatable bonds is 10. The van der Waals surface area contributed by atoms with E-state index < -0.39 is 5.54 Å². The molecule has 2 atom stereocenters. The Kier molecular flexibility index (Phi) is 6.83. The maximum absolute atomic E-state index is 12.6. The lowest BCUT2D eigenvalue weighted by Crippen LogP contribution is -2.57. The lowest BCUT2D eigenvalue weighted by atomic mass is 9.95. The minimum absolute atomic E-state index is 0.0548. The van der Waals surface area contributed by atoms with Crippen molar-refractivity contribution >= 4 is 17.7 Å². The average Bonchev–Trinajstić information content (AvgIpc) is 3.21. The molecule has 2 fully saturated rings. The number of esters is 1.